The first kappa shape index (κ1) is 25.2. The average Bonchev–Trinajstić information content (AvgIpc) is 2.80. The van der Waals surface area contributed by atoms with Gasteiger partial charge in [0.2, 0.25) is 0 Å². The number of aliphatic hydroxyl groups excluding tert-OH is 2. The Labute approximate surface area is 197 Å². The van der Waals surface area contributed by atoms with Crippen molar-refractivity contribution < 1.29 is 43.9 Å². The summed E-state index contributed by atoms with van der Waals surface area (Å²) in [5, 5.41) is 30.7. The lowest BCUT2D eigenvalue weighted by molar-refractivity contribution is -0.284. The van der Waals surface area contributed by atoms with E-state index in [1.54, 1.807) is 18.2 Å². The van der Waals surface area contributed by atoms with Gasteiger partial charge in [-0.1, -0.05) is 36.4 Å². The lowest BCUT2D eigenvalue weighted by Gasteiger charge is -2.40. The number of carbonyl (C=O) groups is 2. The average molecular weight is 472 g/mol. The van der Waals surface area contributed by atoms with Gasteiger partial charge in [-0.15, -0.1) is 0 Å². The second-order valence-corrected chi connectivity index (χ2v) is 7.93. The van der Waals surface area contributed by atoms with Crippen LogP contribution in [0.3, 0.4) is 0 Å². The van der Waals surface area contributed by atoms with Gasteiger partial charge in [0.05, 0.1) is 13.2 Å². The molecule has 1 aliphatic heterocycles. The number of benzene rings is 2. The molecule has 34 heavy (non-hydrogen) atoms. The fourth-order valence-corrected chi connectivity index (χ4v) is 3.64. The van der Waals surface area contributed by atoms with Crippen molar-refractivity contribution in [2.75, 3.05) is 7.11 Å². The first-order chi connectivity index (χ1) is 16.2. The van der Waals surface area contributed by atoms with E-state index in [4.69, 9.17) is 18.9 Å². The molecule has 1 aliphatic rings. The maximum Gasteiger partial charge on any atom is 0.334 e. The van der Waals surface area contributed by atoms with Crippen molar-refractivity contribution in [1.29, 1.82) is 0 Å². The number of esters is 2. The Kier molecular flexibility index (Phi) is 8.27. The highest BCUT2D eigenvalue weighted by Gasteiger charge is 2.47. The van der Waals surface area contributed by atoms with E-state index in [9.17, 15) is 24.9 Å². The van der Waals surface area contributed by atoms with E-state index in [1.807, 2.05) is 30.3 Å². The van der Waals surface area contributed by atoms with Crippen molar-refractivity contribution in [3.8, 4) is 11.5 Å². The highest BCUT2D eigenvalue weighted by molar-refractivity contribution is 5.94. The van der Waals surface area contributed by atoms with Crippen molar-refractivity contribution in [2.24, 2.45) is 0 Å². The number of hydrogen-bond donors (Lipinski definition) is 3. The molecular weight excluding hydrogens is 444 g/mol. The third-order valence-electron chi connectivity index (χ3n) is 5.37. The largest absolute Gasteiger partial charge is 0.504 e. The summed E-state index contributed by atoms with van der Waals surface area (Å²) < 4.78 is 21.1. The standard InChI is InChI=1S/C25H28O9/c1-14-21(28)22(33-15(2)26)23(25(30)32-14)34-24(29)18(11-16-7-5-4-6-8-16)12-17-9-10-19(27)20(13-17)31-3/h4-10,12-14,21-23,25,27-28,30H,11H2,1-3H3/t14-,21+,22-,23-,25-/m1/s1. The molecule has 5 atom stereocenters. The van der Waals surface area contributed by atoms with Gasteiger partial charge in [-0.05, 0) is 36.3 Å². The van der Waals surface area contributed by atoms with Crippen LogP contribution in [0.5, 0.6) is 11.5 Å². The van der Waals surface area contributed by atoms with E-state index in [0.29, 0.717) is 5.56 Å². The number of ether oxygens (including phenoxy) is 4. The molecule has 3 N–H and O–H groups in total. The van der Waals surface area contributed by atoms with E-state index in [-0.39, 0.29) is 23.5 Å². The maximum absolute atomic E-state index is 13.2. The van der Waals surface area contributed by atoms with Crippen LogP contribution in [0.4, 0.5) is 0 Å². The zero-order chi connectivity index (χ0) is 24.8. The number of phenols is 1. The molecule has 0 aliphatic carbocycles. The third kappa shape index (κ3) is 6.13. The Morgan fingerprint density at radius 1 is 1.06 bits per heavy atom. The Morgan fingerprint density at radius 2 is 1.76 bits per heavy atom. The van der Waals surface area contributed by atoms with Crippen molar-refractivity contribution >= 4 is 18.0 Å². The van der Waals surface area contributed by atoms with Gasteiger partial charge in [0, 0.05) is 18.9 Å². The molecule has 9 heteroatoms. The van der Waals surface area contributed by atoms with Crippen molar-refractivity contribution in [1.82, 2.24) is 0 Å². The Bertz CT molecular complexity index is 1030. The number of aromatic hydroxyl groups is 1. The Hall–Kier alpha value is -3.40. The summed E-state index contributed by atoms with van der Waals surface area (Å²) in [5.74, 6) is -1.34. The molecule has 3 rings (SSSR count). The number of methoxy groups -OCH3 is 1. The molecule has 0 aromatic heterocycles. The quantitative estimate of drug-likeness (QED) is 0.409. The van der Waals surface area contributed by atoms with Crippen LogP contribution in [0.15, 0.2) is 54.1 Å². The Morgan fingerprint density at radius 3 is 2.41 bits per heavy atom. The fourth-order valence-electron chi connectivity index (χ4n) is 3.64. The number of aliphatic hydroxyl groups is 2. The van der Waals surface area contributed by atoms with Gasteiger partial charge >= 0.3 is 11.9 Å². The first-order valence-electron chi connectivity index (χ1n) is 10.7. The number of rotatable bonds is 7. The summed E-state index contributed by atoms with van der Waals surface area (Å²) in [5.41, 5.74) is 1.59. The van der Waals surface area contributed by atoms with Crippen LogP contribution in [0.25, 0.3) is 6.08 Å². The fraction of sp³-hybridized carbons (Fsp3) is 0.360. The van der Waals surface area contributed by atoms with E-state index in [2.05, 4.69) is 0 Å². The zero-order valence-electron chi connectivity index (χ0n) is 19.1. The maximum atomic E-state index is 13.2. The molecule has 1 heterocycles. The molecule has 1 fully saturated rings. The third-order valence-corrected chi connectivity index (χ3v) is 5.37. The van der Waals surface area contributed by atoms with Crippen LogP contribution in [0, 0.1) is 0 Å². The first-order valence-corrected chi connectivity index (χ1v) is 10.7. The van der Waals surface area contributed by atoms with Gasteiger partial charge in [0.15, 0.2) is 30.0 Å². The van der Waals surface area contributed by atoms with Crippen LogP contribution >= 0.6 is 0 Å². The molecule has 0 saturated carbocycles. The highest BCUT2D eigenvalue weighted by atomic mass is 16.7. The minimum atomic E-state index is -1.61. The molecule has 9 nitrogen and oxygen atoms in total. The summed E-state index contributed by atoms with van der Waals surface area (Å²) in [6.07, 6.45) is -4.79. The van der Waals surface area contributed by atoms with Crippen molar-refractivity contribution in [2.45, 2.75) is 51.0 Å². The van der Waals surface area contributed by atoms with E-state index < -0.39 is 42.6 Å². The van der Waals surface area contributed by atoms with Crippen LogP contribution in [-0.2, 0) is 30.2 Å². The van der Waals surface area contributed by atoms with Crippen LogP contribution in [0.2, 0.25) is 0 Å². The van der Waals surface area contributed by atoms with Gasteiger partial charge in [-0.25, -0.2) is 4.79 Å². The molecule has 1 saturated heterocycles. The number of carbonyl (C=O) groups excluding carboxylic acids is 2. The van der Waals surface area contributed by atoms with Crippen LogP contribution in [-0.4, -0.2) is 65.1 Å². The van der Waals surface area contributed by atoms with Crippen molar-refractivity contribution in [3.05, 3.63) is 65.2 Å². The molecule has 0 bridgehead atoms. The molecule has 2 aromatic carbocycles. The second-order valence-electron chi connectivity index (χ2n) is 7.93. The van der Waals surface area contributed by atoms with Gasteiger partial charge < -0.3 is 34.3 Å². The molecule has 0 amide bonds. The summed E-state index contributed by atoms with van der Waals surface area (Å²) >= 11 is 0. The summed E-state index contributed by atoms with van der Waals surface area (Å²) in [6.45, 7) is 2.65. The highest BCUT2D eigenvalue weighted by Crippen LogP contribution is 2.29. The van der Waals surface area contributed by atoms with Gasteiger partial charge in [-0.3, -0.25) is 4.79 Å². The second kappa shape index (κ2) is 11.1. The Balaban J connectivity index is 1.93. The SMILES string of the molecule is COc1cc(C=C(Cc2ccccc2)C(=O)O[C@@H]2[C@H](OC(C)=O)[C@@H](O)[C@@H](C)O[C@H]2O)ccc1O. The van der Waals surface area contributed by atoms with E-state index >= 15 is 0 Å². The molecule has 2 aromatic rings. The number of phenolic OH excluding ortho intramolecular Hbond substituents is 1. The molecule has 0 spiro atoms. The van der Waals surface area contributed by atoms with Gasteiger partial charge in [0.25, 0.3) is 0 Å². The minimum absolute atomic E-state index is 0.0540. The number of hydrogen-bond acceptors (Lipinski definition) is 9. The van der Waals surface area contributed by atoms with E-state index in [1.165, 1.54) is 20.1 Å². The monoisotopic (exact) mass is 472 g/mol. The lowest BCUT2D eigenvalue weighted by atomic mass is 9.98. The van der Waals surface area contributed by atoms with Crippen LogP contribution in [0.1, 0.15) is 25.0 Å². The van der Waals surface area contributed by atoms with Gasteiger partial charge in [-0.2, -0.15) is 0 Å². The zero-order valence-corrected chi connectivity index (χ0v) is 19.1. The van der Waals surface area contributed by atoms with E-state index in [0.717, 1.165) is 12.5 Å². The molecule has 0 radical (unpaired) electrons. The molecule has 182 valence electrons. The smallest absolute Gasteiger partial charge is 0.334 e. The molecule has 0 unspecified atom stereocenters. The van der Waals surface area contributed by atoms with Crippen molar-refractivity contribution in [3.63, 3.8) is 0 Å². The minimum Gasteiger partial charge on any atom is -0.504 e. The predicted molar refractivity (Wildman–Crippen MR) is 121 cm³/mol. The normalized spacial score (nSPS) is 24.9. The van der Waals surface area contributed by atoms with Gasteiger partial charge in [0.1, 0.15) is 6.10 Å². The van der Waals surface area contributed by atoms with Crippen LogP contribution < -0.4 is 4.74 Å². The summed E-state index contributed by atoms with van der Waals surface area (Å²) in [7, 11) is 1.41. The summed E-state index contributed by atoms with van der Waals surface area (Å²) in [6, 6.07) is 13.8. The molecular formula is C25H28O9. The lowest BCUT2D eigenvalue weighted by Crippen LogP contribution is -2.59. The predicted octanol–water partition coefficient (Wildman–Crippen LogP) is 1.97. The topological polar surface area (TPSA) is 132 Å². The summed E-state index contributed by atoms with van der Waals surface area (Å²) in [4.78, 5) is 24.8.